The fourth-order valence-corrected chi connectivity index (χ4v) is 2.84. The van der Waals surface area contributed by atoms with Crippen LogP contribution in [0.2, 0.25) is 0 Å². The van der Waals surface area contributed by atoms with Gasteiger partial charge in [-0.2, -0.15) is 0 Å². The molecule has 7 nitrogen and oxygen atoms in total. The van der Waals surface area contributed by atoms with Crippen molar-refractivity contribution in [2.45, 2.75) is 33.2 Å². The van der Waals surface area contributed by atoms with Crippen LogP contribution in [0.3, 0.4) is 0 Å². The van der Waals surface area contributed by atoms with Crippen molar-refractivity contribution < 1.29 is 9.59 Å². The zero-order valence-corrected chi connectivity index (χ0v) is 18.4. The van der Waals surface area contributed by atoms with Gasteiger partial charge in [0.25, 0.3) is 5.91 Å². The number of piperidine rings is 1. The van der Waals surface area contributed by atoms with Gasteiger partial charge in [-0.1, -0.05) is 19.1 Å². The Bertz CT molecular complexity index is 640. The van der Waals surface area contributed by atoms with Crippen molar-refractivity contribution in [2.75, 3.05) is 26.2 Å². The SMILES string of the molecule is CCNC(=NCc1ccc(C(=O)NCC(N)=O)cc1)N1CCC(C)CC1.I. The first-order valence-corrected chi connectivity index (χ1v) is 9.18. The molecule has 0 bridgehead atoms. The fraction of sp³-hybridized carbons (Fsp3) is 0.526. The minimum Gasteiger partial charge on any atom is -0.368 e. The highest BCUT2D eigenvalue weighted by atomic mass is 127. The molecule has 0 aliphatic carbocycles. The minimum absolute atomic E-state index is 0. The Labute approximate surface area is 178 Å². The fourth-order valence-electron chi connectivity index (χ4n) is 2.84. The van der Waals surface area contributed by atoms with E-state index in [2.05, 4.69) is 29.4 Å². The summed E-state index contributed by atoms with van der Waals surface area (Å²) in [6, 6.07) is 7.22. The minimum atomic E-state index is -0.563. The van der Waals surface area contributed by atoms with E-state index in [0.29, 0.717) is 12.1 Å². The number of hydrogen-bond donors (Lipinski definition) is 3. The van der Waals surface area contributed by atoms with E-state index in [4.69, 9.17) is 10.7 Å². The average molecular weight is 487 g/mol. The van der Waals surface area contributed by atoms with Gasteiger partial charge in [0.2, 0.25) is 5.91 Å². The van der Waals surface area contributed by atoms with Crippen LogP contribution in [0, 0.1) is 5.92 Å². The molecule has 2 amide bonds. The Morgan fingerprint density at radius 1 is 1.19 bits per heavy atom. The second-order valence-electron chi connectivity index (χ2n) is 6.69. The molecule has 0 atom stereocenters. The maximum Gasteiger partial charge on any atom is 0.251 e. The molecule has 1 saturated heterocycles. The van der Waals surface area contributed by atoms with Crippen molar-refractivity contribution in [3.8, 4) is 0 Å². The molecule has 1 aromatic carbocycles. The molecule has 0 unspecified atom stereocenters. The van der Waals surface area contributed by atoms with E-state index < -0.39 is 5.91 Å². The molecular formula is C19H30IN5O2. The Morgan fingerprint density at radius 3 is 2.37 bits per heavy atom. The highest BCUT2D eigenvalue weighted by Crippen LogP contribution is 2.16. The number of nitrogens with zero attached hydrogens (tertiary/aromatic N) is 2. The van der Waals surface area contributed by atoms with Crippen LogP contribution in [-0.2, 0) is 11.3 Å². The Morgan fingerprint density at radius 2 is 1.81 bits per heavy atom. The number of carbonyl (C=O) groups excluding carboxylic acids is 2. The van der Waals surface area contributed by atoms with Gasteiger partial charge in [0.15, 0.2) is 5.96 Å². The molecule has 1 aliphatic rings. The van der Waals surface area contributed by atoms with Crippen molar-refractivity contribution in [2.24, 2.45) is 16.6 Å². The van der Waals surface area contributed by atoms with E-state index in [1.807, 2.05) is 12.1 Å². The molecule has 1 fully saturated rings. The topological polar surface area (TPSA) is 99.8 Å². The maximum absolute atomic E-state index is 11.9. The van der Waals surface area contributed by atoms with Crippen LogP contribution in [0.1, 0.15) is 42.6 Å². The zero-order valence-electron chi connectivity index (χ0n) is 16.0. The van der Waals surface area contributed by atoms with Gasteiger partial charge in [-0.25, -0.2) is 4.99 Å². The first-order chi connectivity index (χ1) is 12.5. The van der Waals surface area contributed by atoms with Crippen molar-refractivity contribution in [1.82, 2.24) is 15.5 Å². The van der Waals surface area contributed by atoms with Crippen LogP contribution < -0.4 is 16.4 Å². The molecule has 1 aromatic rings. The van der Waals surface area contributed by atoms with Crippen LogP contribution >= 0.6 is 24.0 Å². The number of primary amides is 1. The van der Waals surface area contributed by atoms with Gasteiger partial charge < -0.3 is 21.3 Å². The summed E-state index contributed by atoms with van der Waals surface area (Å²) in [6.07, 6.45) is 2.39. The number of guanidine groups is 1. The zero-order chi connectivity index (χ0) is 18.9. The predicted octanol–water partition coefficient (Wildman–Crippen LogP) is 1.72. The highest BCUT2D eigenvalue weighted by molar-refractivity contribution is 14.0. The Kier molecular flexibility index (Phi) is 10.1. The third kappa shape index (κ3) is 7.74. The van der Waals surface area contributed by atoms with E-state index in [1.165, 1.54) is 12.8 Å². The number of amides is 2. The number of aliphatic imine (C=N–C) groups is 1. The van der Waals surface area contributed by atoms with Crippen LogP contribution in [0.5, 0.6) is 0 Å². The monoisotopic (exact) mass is 487 g/mol. The summed E-state index contributed by atoms with van der Waals surface area (Å²) in [5, 5.41) is 5.84. The predicted molar refractivity (Wildman–Crippen MR) is 118 cm³/mol. The number of carbonyl (C=O) groups is 2. The first kappa shape index (κ1) is 23.2. The molecule has 0 spiro atoms. The van der Waals surface area contributed by atoms with Gasteiger partial charge in [0, 0.05) is 25.2 Å². The van der Waals surface area contributed by atoms with Crippen LogP contribution in [-0.4, -0.2) is 48.9 Å². The standard InChI is InChI=1S/C19H29N5O2.HI/c1-3-21-19(24-10-8-14(2)9-11-24)23-12-15-4-6-16(7-5-15)18(26)22-13-17(20)25;/h4-7,14H,3,8-13H2,1-2H3,(H2,20,25)(H,21,23)(H,22,26);1H. The van der Waals surface area contributed by atoms with Crippen LogP contribution in [0.25, 0.3) is 0 Å². The van der Waals surface area contributed by atoms with Crippen molar-refractivity contribution in [3.05, 3.63) is 35.4 Å². The van der Waals surface area contributed by atoms with Gasteiger partial charge in [-0.3, -0.25) is 9.59 Å². The molecule has 1 aliphatic heterocycles. The first-order valence-electron chi connectivity index (χ1n) is 9.18. The summed E-state index contributed by atoms with van der Waals surface area (Å²) < 4.78 is 0. The lowest BCUT2D eigenvalue weighted by molar-refractivity contribution is -0.117. The van der Waals surface area contributed by atoms with E-state index in [1.54, 1.807) is 12.1 Å². The van der Waals surface area contributed by atoms with Gasteiger partial charge in [-0.05, 0) is 43.4 Å². The summed E-state index contributed by atoms with van der Waals surface area (Å²) in [7, 11) is 0. The highest BCUT2D eigenvalue weighted by Gasteiger charge is 2.18. The third-order valence-electron chi connectivity index (χ3n) is 4.47. The number of benzene rings is 1. The summed E-state index contributed by atoms with van der Waals surface area (Å²) in [6.45, 7) is 7.66. The van der Waals surface area contributed by atoms with Gasteiger partial charge >= 0.3 is 0 Å². The Balaban J connectivity index is 0.00000364. The summed E-state index contributed by atoms with van der Waals surface area (Å²) in [5.41, 5.74) is 6.55. The summed E-state index contributed by atoms with van der Waals surface area (Å²) in [5.74, 6) is 0.854. The van der Waals surface area contributed by atoms with Gasteiger partial charge in [0.05, 0.1) is 13.1 Å². The van der Waals surface area contributed by atoms with Crippen molar-refractivity contribution in [1.29, 1.82) is 0 Å². The Hall–Kier alpha value is -1.84. The van der Waals surface area contributed by atoms with Crippen molar-refractivity contribution in [3.63, 3.8) is 0 Å². The number of likely N-dealkylation sites (tertiary alicyclic amines) is 1. The van der Waals surface area contributed by atoms with Crippen molar-refractivity contribution >= 4 is 41.8 Å². The number of hydrogen-bond acceptors (Lipinski definition) is 3. The van der Waals surface area contributed by atoms with Gasteiger partial charge in [-0.15, -0.1) is 24.0 Å². The molecule has 150 valence electrons. The number of nitrogens with one attached hydrogen (secondary N) is 2. The average Bonchev–Trinajstić information content (AvgIpc) is 2.64. The molecule has 0 saturated carbocycles. The number of nitrogens with two attached hydrogens (primary N) is 1. The molecule has 27 heavy (non-hydrogen) atoms. The van der Waals surface area contributed by atoms with Crippen LogP contribution in [0.4, 0.5) is 0 Å². The molecule has 2 rings (SSSR count). The summed E-state index contributed by atoms with van der Waals surface area (Å²) >= 11 is 0. The number of halogens is 1. The molecule has 4 N–H and O–H groups in total. The third-order valence-corrected chi connectivity index (χ3v) is 4.47. The second-order valence-corrected chi connectivity index (χ2v) is 6.69. The van der Waals surface area contributed by atoms with Crippen LogP contribution in [0.15, 0.2) is 29.3 Å². The quantitative estimate of drug-likeness (QED) is 0.323. The lowest BCUT2D eigenvalue weighted by Gasteiger charge is -2.33. The summed E-state index contributed by atoms with van der Waals surface area (Å²) in [4.78, 5) is 29.7. The molecule has 0 radical (unpaired) electrons. The lowest BCUT2D eigenvalue weighted by Crippen LogP contribution is -2.45. The smallest absolute Gasteiger partial charge is 0.251 e. The second kappa shape index (κ2) is 11.8. The molecular weight excluding hydrogens is 457 g/mol. The van der Waals surface area contributed by atoms with E-state index in [0.717, 1.165) is 37.1 Å². The molecule has 0 aromatic heterocycles. The van der Waals surface area contributed by atoms with E-state index in [9.17, 15) is 9.59 Å². The molecule has 8 heteroatoms. The molecule has 1 heterocycles. The number of rotatable bonds is 6. The van der Waals surface area contributed by atoms with Gasteiger partial charge in [0.1, 0.15) is 0 Å². The van der Waals surface area contributed by atoms with E-state index >= 15 is 0 Å². The normalized spacial score (nSPS) is 15.0. The largest absolute Gasteiger partial charge is 0.368 e. The maximum atomic E-state index is 11.9. The lowest BCUT2D eigenvalue weighted by atomic mass is 10.00. The van der Waals surface area contributed by atoms with E-state index in [-0.39, 0.29) is 36.4 Å².